The van der Waals surface area contributed by atoms with Crippen LogP contribution in [0.25, 0.3) is 0 Å². The van der Waals surface area contributed by atoms with E-state index in [1.54, 1.807) is 13.0 Å². The zero-order valence-electron chi connectivity index (χ0n) is 5.97. The Morgan fingerprint density at radius 2 is 2.08 bits per heavy atom. The van der Waals surface area contributed by atoms with Gasteiger partial charge in [0.05, 0.1) is 5.56 Å². The topological polar surface area (TPSA) is 37.3 Å². The van der Waals surface area contributed by atoms with Crippen molar-refractivity contribution in [1.29, 1.82) is 0 Å². The summed E-state index contributed by atoms with van der Waals surface area (Å²) in [4.78, 5) is 10.3. The van der Waals surface area contributed by atoms with Crippen LogP contribution in [0.3, 0.4) is 0 Å². The van der Waals surface area contributed by atoms with Gasteiger partial charge in [0.1, 0.15) is 5.82 Å². The first-order valence-corrected chi connectivity index (χ1v) is 3.10. The lowest BCUT2D eigenvalue weighted by atomic mass is 10.1. The fourth-order valence-electron chi connectivity index (χ4n) is 0.794. The van der Waals surface area contributed by atoms with Crippen LogP contribution in [0.5, 0.6) is 0 Å². The van der Waals surface area contributed by atoms with Crippen molar-refractivity contribution in [3.05, 3.63) is 35.1 Å². The van der Waals surface area contributed by atoms with E-state index >= 15 is 0 Å². The molecule has 0 saturated carbocycles. The Balaban J connectivity index is 0.00000121. The molecule has 0 heterocycles. The molecule has 0 aliphatic heterocycles. The number of hydrogen-bond donors (Lipinski definition) is 1. The molecule has 1 rings (SSSR count). The maximum atomic E-state index is 12.7. The van der Waals surface area contributed by atoms with Crippen molar-refractivity contribution >= 4 is 5.97 Å². The van der Waals surface area contributed by atoms with E-state index in [1.807, 2.05) is 0 Å². The van der Waals surface area contributed by atoms with Gasteiger partial charge in [-0.15, -0.1) is 0 Å². The molecule has 0 aromatic heterocycles. The van der Waals surface area contributed by atoms with Crippen LogP contribution in [0, 0.1) is 12.7 Å². The van der Waals surface area contributed by atoms with Gasteiger partial charge in [-0.25, -0.2) is 9.18 Å². The maximum Gasteiger partial charge on any atom is 0.338 e. The fraction of sp³-hybridized carbons (Fsp3) is 0.222. The van der Waals surface area contributed by atoms with Gasteiger partial charge in [0.25, 0.3) is 0 Å². The average molecular weight is 170 g/mol. The summed E-state index contributed by atoms with van der Waals surface area (Å²) >= 11 is 0. The maximum absolute atomic E-state index is 12.7. The molecule has 2 nitrogen and oxygen atoms in total. The highest BCUT2D eigenvalue weighted by molar-refractivity contribution is 5.87. The molecule has 0 amide bonds. The molecule has 0 saturated heterocycles. The Bertz CT molecular complexity index is 295. The lowest BCUT2D eigenvalue weighted by Crippen LogP contribution is -1.99. The summed E-state index contributed by atoms with van der Waals surface area (Å²) < 4.78 is 12.7. The molecular weight excluding hydrogens is 159 g/mol. The number of halogens is 1. The van der Waals surface area contributed by atoms with Gasteiger partial charge in [-0.05, 0) is 24.6 Å². The molecule has 3 heteroatoms. The van der Waals surface area contributed by atoms with Crippen molar-refractivity contribution in [3.63, 3.8) is 0 Å². The first kappa shape index (κ1) is 10.6. The quantitative estimate of drug-likeness (QED) is 0.702. The summed E-state index contributed by atoms with van der Waals surface area (Å²) in [5.41, 5.74) is 0.433. The highest BCUT2D eigenvalue weighted by atomic mass is 19.1. The van der Waals surface area contributed by atoms with E-state index in [0.717, 1.165) is 0 Å². The second-order valence-electron chi connectivity index (χ2n) is 2.29. The van der Waals surface area contributed by atoms with Crippen molar-refractivity contribution in [2.24, 2.45) is 0 Å². The van der Waals surface area contributed by atoms with Gasteiger partial charge in [-0.3, -0.25) is 0 Å². The van der Waals surface area contributed by atoms with Crippen molar-refractivity contribution in [3.8, 4) is 0 Å². The minimum Gasteiger partial charge on any atom is -0.478 e. The van der Waals surface area contributed by atoms with Gasteiger partial charge in [-0.2, -0.15) is 0 Å². The van der Waals surface area contributed by atoms with Crippen molar-refractivity contribution in [1.82, 2.24) is 0 Å². The third-order valence-electron chi connectivity index (χ3n) is 1.35. The summed E-state index contributed by atoms with van der Waals surface area (Å²) in [7, 11) is 0. The molecule has 0 fully saturated rings. The van der Waals surface area contributed by atoms with Crippen LogP contribution in [-0.4, -0.2) is 11.1 Å². The lowest BCUT2D eigenvalue weighted by molar-refractivity contribution is 0.0692. The summed E-state index contributed by atoms with van der Waals surface area (Å²) in [5, 5.41) is 8.42. The van der Waals surface area contributed by atoms with Crippen molar-refractivity contribution in [2.45, 2.75) is 14.4 Å². The van der Waals surface area contributed by atoms with Gasteiger partial charge in [-0.1, -0.05) is 13.5 Å². The van der Waals surface area contributed by atoms with Crippen LogP contribution in [0.1, 0.15) is 23.3 Å². The van der Waals surface area contributed by atoms with E-state index in [9.17, 15) is 9.18 Å². The molecule has 0 aliphatic carbocycles. The number of carbonyl (C=O) groups is 1. The Morgan fingerprint density at radius 1 is 1.50 bits per heavy atom. The molecule has 66 valence electrons. The van der Waals surface area contributed by atoms with Gasteiger partial charge < -0.3 is 5.11 Å². The van der Waals surface area contributed by atoms with Crippen LogP contribution in [0.2, 0.25) is 0 Å². The zero-order chi connectivity index (χ0) is 8.43. The molecule has 0 bridgehead atoms. The van der Waals surface area contributed by atoms with Crippen LogP contribution >= 0.6 is 0 Å². The molecule has 0 atom stereocenters. The second-order valence-corrected chi connectivity index (χ2v) is 2.29. The van der Waals surface area contributed by atoms with Gasteiger partial charge >= 0.3 is 5.97 Å². The Morgan fingerprint density at radius 3 is 2.50 bits per heavy atom. The number of carboxylic acid groups (broad SMARTS) is 1. The van der Waals surface area contributed by atoms with E-state index < -0.39 is 11.8 Å². The highest BCUT2D eigenvalue weighted by Gasteiger charge is 2.08. The number of aryl methyl sites for hydroxylation is 1. The van der Waals surface area contributed by atoms with Crippen LogP contribution in [0.4, 0.5) is 4.39 Å². The first-order valence-electron chi connectivity index (χ1n) is 3.10. The number of carboxylic acids is 1. The van der Waals surface area contributed by atoms with E-state index in [1.165, 1.54) is 12.1 Å². The van der Waals surface area contributed by atoms with Crippen molar-refractivity contribution < 1.29 is 14.3 Å². The molecule has 0 unspecified atom stereocenters. The molecular formula is C9H11FO2. The number of rotatable bonds is 1. The van der Waals surface area contributed by atoms with Crippen LogP contribution in [-0.2, 0) is 0 Å². The molecule has 12 heavy (non-hydrogen) atoms. The Hall–Kier alpha value is -1.38. The van der Waals surface area contributed by atoms with Crippen molar-refractivity contribution in [2.75, 3.05) is 0 Å². The number of hydrogen-bond acceptors (Lipinski definition) is 1. The predicted molar refractivity (Wildman–Crippen MR) is 44.8 cm³/mol. The molecule has 1 aromatic carbocycles. The standard InChI is InChI=1S/C8H7FO2.CH4/c1-5-2-3-6(8(10)11)7(9)4-5;/h2-4H,1H3,(H,10,11);1H4. The first-order chi connectivity index (χ1) is 5.11. The van der Waals surface area contributed by atoms with Gasteiger partial charge in [0.15, 0.2) is 0 Å². The van der Waals surface area contributed by atoms with Crippen LogP contribution in [0.15, 0.2) is 18.2 Å². The molecule has 0 radical (unpaired) electrons. The second kappa shape index (κ2) is 3.85. The third-order valence-corrected chi connectivity index (χ3v) is 1.35. The third kappa shape index (κ3) is 2.05. The zero-order valence-corrected chi connectivity index (χ0v) is 5.97. The molecule has 0 aliphatic rings. The Kier molecular flexibility index (Phi) is 3.41. The summed E-state index contributed by atoms with van der Waals surface area (Å²) in [6, 6.07) is 4.02. The molecule has 1 N–H and O–H groups in total. The summed E-state index contributed by atoms with van der Waals surface area (Å²) in [6.07, 6.45) is 0. The fourth-order valence-corrected chi connectivity index (χ4v) is 0.794. The summed E-state index contributed by atoms with van der Waals surface area (Å²) in [6.45, 7) is 1.70. The molecule has 0 spiro atoms. The SMILES string of the molecule is C.Cc1ccc(C(=O)O)c(F)c1. The summed E-state index contributed by atoms with van der Waals surface area (Å²) in [5.74, 6) is -1.92. The Labute approximate surface area is 70.7 Å². The average Bonchev–Trinajstić information content (AvgIpc) is 1.85. The van der Waals surface area contributed by atoms with Gasteiger partial charge in [0.2, 0.25) is 0 Å². The predicted octanol–water partition coefficient (Wildman–Crippen LogP) is 2.47. The van der Waals surface area contributed by atoms with E-state index in [-0.39, 0.29) is 13.0 Å². The van der Waals surface area contributed by atoms with E-state index in [0.29, 0.717) is 5.56 Å². The largest absolute Gasteiger partial charge is 0.478 e. The smallest absolute Gasteiger partial charge is 0.338 e. The van der Waals surface area contributed by atoms with Crippen LogP contribution < -0.4 is 0 Å². The van der Waals surface area contributed by atoms with E-state index in [4.69, 9.17) is 5.11 Å². The number of benzene rings is 1. The monoisotopic (exact) mass is 170 g/mol. The van der Waals surface area contributed by atoms with Gasteiger partial charge in [0, 0.05) is 0 Å². The minimum atomic E-state index is -1.23. The molecule has 1 aromatic rings. The van der Waals surface area contributed by atoms with E-state index in [2.05, 4.69) is 0 Å². The highest BCUT2D eigenvalue weighted by Crippen LogP contribution is 2.08. The minimum absolute atomic E-state index is 0. The normalized spacial score (nSPS) is 8.83. The lowest BCUT2D eigenvalue weighted by Gasteiger charge is -1.96. The number of aromatic carboxylic acids is 1.